The molecule has 0 atom stereocenters. The number of hydrogen-bond acceptors (Lipinski definition) is 1. The van der Waals surface area contributed by atoms with E-state index in [-0.39, 0.29) is 0 Å². The van der Waals surface area contributed by atoms with Crippen molar-refractivity contribution in [3.8, 4) is 0 Å². The van der Waals surface area contributed by atoms with E-state index in [4.69, 9.17) is 11.6 Å². The Balaban J connectivity index is 2.56. The zero-order valence-electron chi connectivity index (χ0n) is 6.60. The summed E-state index contributed by atoms with van der Waals surface area (Å²) in [6.45, 7) is 2.94. The summed E-state index contributed by atoms with van der Waals surface area (Å²) in [6, 6.07) is 8.89. The third-order valence-corrected chi connectivity index (χ3v) is 1.70. The van der Waals surface area contributed by atoms with Gasteiger partial charge in [-0.25, -0.2) is 0 Å². The van der Waals surface area contributed by atoms with Gasteiger partial charge in [-0.2, -0.15) is 0 Å². The van der Waals surface area contributed by atoms with Crippen molar-refractivity contribution in [3.05, 3.63) is 35.4 Å². The van der Waals surface area contributed by atoms with Crippen LogP contribution in [-0.4, -0.2) is 6.00 Å². The molecule has 1 nitrogen and oxygen atoms in total. The molecule has 11 heavy (non-hydrogen) atoms. The van der Waals surface area contributed by atoms with E-state index in [9.17, 15) is 0 Å². The van der Waals surface area contributed by atoms with Crippen molar-refractivity contribution in [2.24, 2.45) is 0 Å². The average molecular weight is 170 g/mol. The predicted molar refractivity (Wildman–Crippen MR) is 48.7 cm³/mol. The van der Waals surface area contributed by atoms with Crippen LogP contribution in [0.25, 0.3) is 0 Å². The topological polar surface area (TPSA) is 12.0 Å². The summed E-state index contributed by atoms with van der Waals surface area (Å²) in [5.74, 6) is 0. The van der Waals surface area contributed by atoms with Crippen LogP contribution in [0.15, 0.2) is 24.3 Å². The Hall–Kier alpha value is -0.530. The van der Waals surface area contributed by atoms with Crippen molar-refractivity contribution in [2.75, 3.05) is 6.00 Å². The monoisotopic (exact) mass is 169 g/mol. The van der Waals surface area contributed by atoms with Crippen LogP contribution in [0.1, 0.15) is 11.1 Å². The van der Waals surface area contributed by atoms with Gasteiger partial charge in [-0.3, -0.25) is 5.32 Å². The molecule has 0 aliphatic carbocycles. The van der Waals surface area contributed by atoms with Gasteiger partial charge in [0.1, 0.15) is 0 Å². The third-order valence-electron chi connectivity index (χ3n) is 1.51. The molecule has 0 heterocycles. The first-order valence-corrected chi connectivity index (χ1v) is 4.18. The Bertz CT molecular complexity index is 223. The first-order valence-electron chi connectivity index (χ1n) is 3.65. The van der Waals surface area contributed by atoms with Crippen molar-refractivity contribution in [1.82, 2.24) is 5.32 Å². The summed E-state index contributed by atoms with van der Waals surface area (Å²) in [6.07, 6.45) is 0. The average Bonchev–Trinajstić information content (AvgIpc) is 2.01. The van der Waals surface area contributed by atoms with Crippen molar-refractivity contribution in [1.29, 1.82) is 0 Å². The molecule has 0 unspecified atom stereocenters. The lowest BCUT2D eigenvalue weighted by molar-refractivity contribution is 0.791. The fourth-order valence-electron chi connectivity index (χ4n) is 1.01. The van der Waals surface area contributed by atoms with E-state index < -0.39 is 0 Å². The van der Waals surface area contributed by atoms with Gasteiger partial charge in [0.15, 0.2) is 0 Å². The van der Waals surface area contributed by atoms with Crippen LogP contribution in [0.2, 0.25) is 0 Å². The lowest BCUT2D eigenvalue weighted by Gasteiger charge is -2.01. The van der Waals surface area contributed by atoms with Gasteiger partial charge in [-0.15, -0.1) is 11.6 Å². The summed E-state index contributed by atoms with van der Waals surface area (Å²) in [5, 5.41) is 3.06. The minimum Gasteiger partial charge on any atom is -0.300 e. The van der Waals surface area contributed by atoms with Crippen molar-refractivity contribution in [2.45, 2.75) is 13.5 Å². The summed E-state index contributed by atoms with van der Waals surface area (Å²) in [4.78, 5) is 0. The third kappa shape index (κ3) is 2.91. The highest BCUT2D eigenvalue weighted by atomic mass is 35.5. The normalized spacial score (nSPS) is 10.0. The Labute approximate surface area is 72.4 Å². The molecule has 1 rings (SSSR count). The fraction of sp³-hybridized carbons (Fsp3) is 0.333. The van der Waals surface area contributed by atoms with Crippen molar-refractivity contribution >= 4 is 11.6 Å². The number of halogens is 1. The van der Waals surface area contributed by atoms with E-state index in [1.807, 2.05) is 0 Å². The molecule has 0 aliphatic heterocycles. The smallest absolute Gasteiger partial charge is 0.0716 e. The number of rotatable bonds is 3. The first-order chi connectivity index (χ1) is 5.33. The second-order valence-electron chi connectivity index (χ2n) is 2.55. The molecule has 0 bridgehead atoms. The van der Waals surface area contributed by atoms with Crippen LogP contribution >= 0.6 is 11.6 Å². The molecular weight excluding hydrogens is 158 g/mol. The zero-order valence-corrected chi connectivity index (χ0v) is 7.36. The molecule has 0 aromatic heterocycles. The second kappa shape index (κ2) is 4.37. The molecule has 1 N–H and O–H groups in total. The molecule has 60 valence electrons. The zero-order chi connectivity index (χ0) is 8.10. The van der Waals surface area contributed by atoms with Gasteiger partial charge in [0.05, 0.1) is 6.00 Å². The summed E-state index contributed by atoms with van der Waals surface area (Å²) < 4.78 is 0. The van der Waals surface area contributed by atoms with Gasteiger partial charge < -0.3 is 0 Å². The summed E-state index contributed by atoms with van der Waals surface area (Å²) >= 11 is 5.48. The summed E-state index contributed by atoms with van der Waals surface area (Å²) in [7, 11) is 0. The Morgan fingerprint density at radius 3 is 2.91 bits per heavy atom. The van der Waals surface area contributed by atoms with Crippen LogP contribution in [0, 0.1) is 6.92 Å². The molecule has 0 saturated carbocycles. The van der Waals surface area contributed by atoms with Gasteiger partial charge in [-0.05, 0) is 12.5 Å². The molecule has 1 aromatic rings. The second-order valence-corrected chi connectivity index (χ2v) is 2.82. The lowest BCUT2D eigenvalue weighted by atomic mass is 10.1. The van der Waals surface area contributed by atoms with E-state index in [0.29, 0.717) is 6.00 Å². The Morgan fingerprint density at radius 2 is 2.27 bits per heavy atom. The highest BCUT2D eigenvalue weighted by Gasteiger charge is 1.90. The van der Waals surface area contributed by atoms with Crippen molar-refractivity contribution in [3.63, 3.8) is 0 Å². The van der Waals surface area contributed by atoms with Crippen LogP contribution in [0.3, 0.4) is 0 Å². The number of hydrogen-bond donors (Lipinski definition) is 1. The maximum Gasteiger partial charge on any atom is 0.0716 e. The van der Waals surface area contributed by atoms with Gasteiger partial charge in [0.25, 0.3) is 0 Å². The minimum atomic E-state index is 0.508. The van der Waals surface area contributed by atoms with E-state index >= 15 is 0 Å². The van der Waals surface area contributed by atoms with Crippen LogP contribution in [-0.2, 0) is 6.54 Å². The molecule has 0 saturated heterocycles. The van der Waals surface area contributed by atoms with Crippen LogP contribution < -0.4 is 5.32 Å². The van der Waals surface area contributed by atoms with Gasteiger partial charge in [0.2, 0.25) is 0 Å². The van der Waals surface area contributed by atoms with Gasteiger partial charge in [0, 0.05) is 6.54 Å². The number of nitrogens with one attached hydrogen (secondary N) is 1. The van der Waals surface area contributed by atoms with Crippen molar-refractivity contribution < 1.29 is 0 Å². The molecule has 0 spiro atoms. The molecule has 0 aliphatic rings. The maximum atomic E-state index is 5.48. The van der Waals surface area contributed by atoms with Crippen LogP contribution in [0.5, 0.6) is 0 Å². The fourth-order valence-corrected chi connectivity index (χ4v) is 1.11. The quantitative estimate of drug-likeness (QED) is 0.541. The number of aryl methyl sites for hydroxylation is 1. The molecular formula is C9H12ClN. The number of alkyl halides is 1. The van der Waals surface area contributed by atoms with Gasteiger partial charge >= 0.3 is 0 Å². The standard InChI is InChI=1S/C9H12ClN/c1-8-3-2-4-9(5-8)6-11-7-10/h2-5,11H,6-7H2,1H3. The maximum absolute atomic E-state index is 5.48. The van der Waals surface area contributed by atoms with E-state index in [1.54, 1.807) is 0 Å². The van der Waals surface area contributed by atoms with Crippen LogP contribution in [0.4, 0.5) is 0 Å². The largest absolute Gasteiger partial charge is 0.300 e. The SMILES string of the molecule is Cc1cccc(CNCCl)c1. The highest BCUT2D eigenvalue weighted by Crippen LogP contribution is 2.02. The van der Waals surface area contributed by atoms with Gasteiger partial charge in [-0.1, -0.05) is 29.8 Å². The minimum absolute atomic E-state index is 0.508. The number of benzene rings is 1. The van der Waals surface area contributed by atoms with E-state index in [2.05, 4.69) is 36.5 Å². The Morgan fingerprint density at radius 1 is 1.45 bits per heavy atom. The predicted octanol–water partition coefficient (Wildman–Crippen LogP) is 2.28. The first kappa shape index (κ1) is 8.57. The molecule has 2 heteroatoms. The molecule has 0 amide bonds. The van der Waals surface area contributed by atoms with E-state index in [1.165, 1.54) is 11.1 Å². The Kier molecular flexibility index (Phi) is 3.40. The lowest BCUT2D eigenvalue weighted by Crippen LogP contribution is -2.09. The molecule has 0 fully saturated rings. The molecule has 0 radical (unpaired) electrons. The van der Waals surface area contributed by atoms with E-state index in [0.717, 1.165) is 6.54 Å². The molecule has 1 aromatic carbocycles. The summed E-state index contributed by atoms with van der Waals surface area (Å²) in [5.41, 5.74) is 2.57. The highest BCUT2D eigenvalue weighted by molar-refractivity contribution is 6.17.